The van der Waals surface area contributed by atoms with Crippen molar-refractivity contribution in [3.05, 3.63) is 17.3 Å². The molecule has 4 rings (SSSR count). The summed E-state index contributed by atoms with van der Waals surface area (Å²) in [6, 6.07) is 1.94. The molecule has 0 aliphatic carbocycles. The van der Waals surface area contributed by atoms with Crippen LogP contribution in [0.2, 0.25) is 5.02 Å². The van der Waals surface area contributed by atoms with E-state index in [4.69, 9.17) is 16.3 Å². The van der Waals surface area contributed by atoms with Crippen molar-refractivity contribution in [1.29, 1.82) is 0 Å². The second kappa shape index (κ2) is 8.59. The SMILES string of the molecule is CCN(C(=O)O)c1cnc(N2CCC[C@]3(CCN(C4CCOCC4)C3=O)C2)c(Cl)c1. The van der Waals surface area contributed by atoms with Crippen molar-refractivity contribution in [1.82, 2.24) is 9.88 Å². The molecule has 9 heteroatoms. The molecule has 3 saturated heterocycles. The van der Waals surface area contributed by atoms with Crippen molar-refractivity contribution in [2.45, 2.75) is 45.1 Å². The van der Waals surface area contributed by atoms with Crippen LogP contribution in [-0.2, 0) is 9.53 Å². The molecule has 0 aromatic carbocycles. The highest BCUT2D eigenvalue weighted by molar-refractivity contribution is 6.33. The molecule has 1 N–H and O–H groups in total. The van der Waals surface area contributed by atoms with E-state index in [1.165, 1.54) is 4.90 Å². The number of carbonyl (C=O) groups excluding carboxylic acids is 1. The van der Waals surface area contributed by atoms with Crippen LogP contribution in [0.15, 0.2) is 12.3 Å². The number of carboxylic acid groups (broad SMARTS) is 1. The molecule has 0 radical (unpaired) electrons. The summed E-state index contributed by atoms with van der Waals surface area (Å²) in [6.45, 7) is 5.73. The third-order valence-electron chi connectivity index (χ3n) is 6.72. The highest BCUT2D eigenvalue weighted by Crippen LogP contribution is 2.43. The Morgan fingerprint density at radius 3 is 2.80 bits per heavy atom. The van der Waals surface area contributed by atoms with Gasteiger partial charge in [0.1, 0.15) is 5.82 Å². The Morgan fingerprint density at radius 2 is 2.13 bits per heavy atom. The van der Waals surface area contributed by atoms with Gasteiger partial charge in [-0.05, 0) is 45.1 Å². The number of anilines is 2. The minimum atomic E-state index is -1.04. The van der Waals surface area contributed by atoms with E-state index in [0.29, 0.717) is 29.6 Å². The number of hydrogen-bond acceptors (Lipinski definition) is 5. The Labute approximate surface area is 181 Å². The zero-order valence-corrected chi connectivity index (χ0v) is 18.1. The lowest BCUT2D eigenvalue weighted by Crippen LogP contribution is -2.50. The van der Waals surface area contributed by atoms with E-state index in [1.807, 2.05) is 0 Å². The first-order valence-electron chi connectivity index (χ1n) is 10.7. The molecule has 1 atom stereocenters. The van der Waals surface area contributed by atoms with E-state index in [9.17, 15) is 14.7 Å². The quantitative estimate of drug-likeness (QED) is 0.779. The van der Waals surface area contributed by atoms with Gasteiger partial charge in [0.2, 0.25) is 5.91 Å². The van der Waals surface area contributed by atoms with Gasteiger partial charge in [-0.1, -0.05) is 11.6 Å². The second-order valence-electron chi connectivity index (χ2n) is 8.42. The van der Waals surface area contributed by atoms with Crippen LogP contribution in [0.3, 0.4) is 0 Å². The summed E-state index contributed by atoms with van der Waals surface area (Å²) in [4.78, 5) is 34.7. The number of pyridine rings is 1. The lowest BCUT2D eigenvalue weighted by atomic mass is 9.78. The van der Waals surface area contributed by atoms with Gasteiger partial charge in [0.15, 0.2) is 0 Å². The van der Waals surface area contributed by atoms with Crippen LogP contribution < -0.4 is 9.80 Å². The first-order chi connectivity index (χ1) is 14.4. The largest absolute Gasteiger partial charge is 0.465 e. The predicted molar refractivity (Wildman–Crippen MR) is 114 cm³/mol. The van der Waals surface area contributed by atoms with E-state index < -0.39 is 6.09 Å². The number of hydrogen-bond donors (Lipinski definition) is 1. The molecule has 0 bridgehead atoms. The zero-order chi connectivity index (χ0) is 21.3. The van der Waals surface area contributed by atoms with Crippen molar-refractivity contribution in [2.24, 2.45) is 5.41 Å². The van der Waals surface area contributed by atoms with Crippen molar-refractivity contribution in [3.8, 4) is 0 Å². The molecule has 0 saturated carbocycles. The molecule has 1 spiro atoms. The van der Waals surface area contributed by atoms with E-state index in [1.54, 1.807) is 19.2 Å². The number of amides is 2. The lowest BCUT2D eigenvalue weighted by Gasteiger charge is -2.41. The molecule has 3 fully saturated rings. The van der Waals surface area contributed by atoms with Crippen molar-refractivity contribution >= 4 is 35.1 Å². The maximum Gasteiger partial charge on any atom is 0.411 e. The second-order valence-corrected chi connectivity index (χ2v) is 8.83. The number of nitrogens with zero attached hydrogens (tertiary/aromatic N) is 4. The summed E-state index contributed by atoms with van der Waals surface area (Å²) in [6.07, 6.45) is 4.99. The first kappa shape index (κ1) is 21.2. The number of likely N-dealkylation sites (tertiary alicyclic amines) is 1. The molecular formula is C21H29ClN4O4. The van der Waals surface area contributed by atoms with Crippen LogP contribution >= 0.6 is 11.6 Å². The molecule has 30 heavy (non-hydrogen) atoms. The summed E-state index contributed by atoms with van der Waals surface area (Å²) < 4.78 is 5.46. The Hall–Kier alpha value is -2.06. The van der Waals surface area contributed by atoms with Gasteiger partial charge in [-0.3, -0.25) is 9.69 Å². The normalized spacial score (nSPS) is 25.2. The van der Waals surface area contributed by atoms with Crippen LogP contribution in [0.25, 0.3) is 0 Å². The zero-order valence-electron chi connectivity index (χ0n) is 17.3. The molecule has 8 nitrogen and oxygen atoms in total. The summed E-state index contributed by atoms with van der Waals surface area (Å²) in [5.41, 5.74) is 0.0737. The number of carbonyl (C=O) groups is 2. The molecular weight excluding hydrogens is 408 g/mol. The van der Waals surface area contributed by atoms with Crippen LogP contribution in [0, 0.1) is 5.41 Å². The first-order valence-corrected chi connectivity index (χ1v) is 11.1. The average Bonchev–Trinajstić information content (AvgIpc) is 3.04. The average molecular weight is 437 g/mol. The number of piperidine rings is 1. The Bertz CT molecular complexity index is 816. The minimum Gasteiger partial charge on any atom is -0.465 e. The fourth-order valence-corrected chi connectivity index (χ4v) is 5.39. The monoisotopic (exact) mass is 436 g/mol. The standard InChI is InChI=1S/C21H29ClN4O4/c1-2-25(20(28)29)16-12-17(22)18(23-13-16)24-8-3-6-21(14-24)7-9-26(19(21)27)15-4-10-30-11-5-15/h12-13,15H,2-11,14H2,1H3,(H,28,29)/t21-/m0/s1. The maximum atomic E-state index is 13.4. The molecule has 1 aromatic heterocycles. The molecule has 4 heterocycles. The van der Waals surface area contributed by atoms with Gasteiger partial charge in [-0.25, -0.2) is 9.78 Å². The molecule has 2 amide bonds. The number of halogens is 1. The van der Waals surface area contributed by atoms with E-state index in [-0.39, 0.29) is 17.4 Å². The number of ether oxygens (including phenoxy) is 1. The van der Waals surface area contributed by atoms with Crippen molar-refractivity contribution in [2.75, 3.05) is 49.2 Å². The third kappa shape index (κ3) is 3.83. The molecule has 3 aliphatic rings. The van der Waals surface area contributed by atoms with Crippen LogP contribution in [0.4, 0.5) is 16.3 Å². The highest BCUT2D eigenvalue weighted by Gasteiger charge is 2.50. The van der Waals surface area contributed by atoms with Gasteiger partial charge in [0, 0.05) is 45.4 Å². The molecule has 3 aliphatic heterocycles. The summed E-state index contributed by atoms with van der Waals surface area (Å²) >= 11 is 6.52. The van der Waals surface area contributed by atoms with Crippen LogP contribution in [-0.4, -0.2) is 72.4 Å². The highest BCUT2D eigenvalue weighted by atomic mass is 35.5. The Morgan fingerprint density at radius 1 is 1.37 bits per heavy atom. The summed E-state index contributed by atoms with van der Waals surface area (Å²) in [5.74, 6) is 0.883. The van der Waals surface area contributed by atoms with Crippen molar-refractivity contribution < 1.29 is 19.4 Å². The fourth-order valence-electron chi connectivity index (χ4n) is 5.11. The molecule has 0 unspecified atom stereocenters. The van der Waals surface area contributed by atoms with Gasteiger partial charge >= 0.3 is 6.09 Å². The molecule has 1 aromatic rings. The number of aromatic nitrogens is 1. The van der Waals surface area contributed by atoms with Crippen LogP contribution in [0.1, 0.15) is 39.0 Å². The summed E-state index contributed by atoms with van der Waals surface area (Å²) in [7, 11) is 0. The number of rotatable bonds is 4. The van der Waals surface area contributed by atoms with Crippen LogP contribution in [0.5, 0.6) is 0 Å². The maximum absolute atomic E-state index is 13.4. The van der Waals surface area contributed by atoms with Gasteiger partial charge in [-0.2, -0.15) is 0 Å². The third-order valence-corrected chi connectivity index (χ3v) is 7.00. The van der Waals surface area contributed by atoms with E-state index in [0.717, 1.165) is 58.4 Å². The lowest BCUT2D eigenvalue weighted by molar-refractivity contribution is -0.139. The fraction of sp³-hybridized carbons (Fsp3) is 0.667. The predicted octanol–water partition coefficient (Wildman–Crippen LogP) is 3.24. The Balaban J connectivity index is 1.51. The Kier molecular flexibility index (Phi) is 6.06. The van der Waals surface area contributed by atoms with Crippen molar-refractivity contribution in [3.63, 3.8) is 0 Å². The van der Waals surface area contributed by atoms with Gasteiger partial charge in [-0.15, -0.1) is 0 Å². The van der Waals surface area contributed by atoms with Gasteiger partial charge < -0.3 is 19.6 Å². The van der Waals surface area contributed by atoms with Gasteiger partial charge in [0.05, 0.1) is 22.3 Å². The van der Waals surface area contributed by atoms with E-state index >= 15 is 0 Å². The smallest absolute Gasteiger partial charge is 0.411 e. The topological polar surface area (TPSA) is 86.2 Å². The minimum absolute atomic E-state index is 0.259. The molecule has 164 valence electrons. The summed E-state index contributed by atoms with van der Waals surface area (Å²) in [5, 5.41) is 9.74. The van der Waals surface area contributed by atoms with E-state index in [2.05, 4.69) is 14.8 Å². The van der Waals surface area contributed by atoms with Gasteiger partial charge in [0.25, 0.3) is 0 Å².